The molecule has 7 heteroatoms. The van der Waals surface area contributed by atoms with E-state index in [9.17, 15) is 14.4 Å². The molecular weight excluding hydrogens is 370 g/mol. The van der Waals surface area contributed by atoms with Crippen LogP contribution in [0.25, 0.3) is 0 Å². The summed E-state index contributed by atoms with van der Waals surface area (Å²) in [6, 6.07) is 17.6. The Hall–Kier alpha value is -3.66. The van der Waals surface area contributed by atoms with Crippen molar-refractivity contribution < 1.29 is 19.1 Å². The number of benzene rings is 2. The number of carbonyl (C=O) groups excluding carboxylic acids is 3. The van der Waals surface area contributed by atoms with Crippen molar-refractivity contribution in [2.45, 2.75) is 19.3 Å². The van der Waals surface area contributed by atoms with E-state index in [1.165, 1.54) is 4.90 Å². The number of anilines is 2. The van der Waals surface area contributed by atoms with Gasteiger partial charge in [-0.3, -0.25) is 9.59 Å². The van der Waals surface area contributed by atoms with E-state index >= 15 is 0 Å². The summed E-state index contributed by atoms with van der Waals surface area (Å²) in [5.74, 6) is -1.02. The van der Waals surface area contributed by atoms with Crippen LogP contribution in [0.3, 0.4) is 0 Å². The highest BCUT2D eigenvalue weighted by atomic mass is 16.5. The molecule has 0 bridgehead atoms. The SMILES string of the molecule is N#CCCN(C(=O)COC(=O)c1cccc(N2CCCC2=O)c1)c1ccccc1. The standard InChI is InChI=1S/C22H21N3O4/c23-12-6-14-24(18-8-2-1-3-9-18)21(27)16-29-22(28)17-7-4-10-19(15-17)25-13-5-11-20(25)26/h1-4,7-10,15H,5-6,11,13-14,16H2. The molecule has 2 amide bonds. The van der Waals surface area contributed by atoms with Crippen molar-refractivity contribution in [2.24, 2.45) is 0 Å². The van der Waals surface area contributed by atoms with Gasteiger partial charge in [0, 0.05) is 30.9 Å². The Morgan fingerprint density at radius 1 is 1.14 bits per heavy atom. The van der Waals surface area contributed by atoms with Crippen molar-refractivity contribution >= 4 is 29.2 Å². The summed E-state index contributed by atoms with van der Waals surface area (Å²) in [7, 11) is 0. The first kappa shape index (κ1) is 20.1. The average Bonchev–Trinajstić information content (AvgIpc) is 3.19. The highest BCUT2D eigenvalue weighted by Crippen LogP contribution is 2.22. The summed E-state index contributed by atoms with van der Waals surface area (Å²) >= 11 is 0. The normalized spacial score (nSPS) is 13.1. The van der Waals surface area contributed by atoms with E-state index in [0.717, 1.165) is 6.42 Å². The van der Waals surface area contributed by atoms with Gasteiger partial charge < -0.3 is 14.5 Å². The van der Waals surface area contributed by atoms with E-state index in [2.05, 4.69) is 0 Å². The van der Waals surface area contributed by atoms with Crippen molar-refractivity contribution in [1.82, 2.24) is 0 Å². The van der Waals surface area contributed by atoms with Crippen molar-refractivity contribution in [3.8, 4) is 6.07 Å². The van der Waals surface area contributed by atoms with Gasteiger partial charge in [0.15, 0.2) is 6.61 Å². The predicted octanol–water partition coefficient (Wildman–Crippen LogP) is 2.92. The van der Waals surface area contributed by atoms with Crippen LogP contribution in [0.5, 0.6) is 0 Å². The number of nitrogens with zero attached hydrogens (tertiary/aromatic N) is 3. The minimum atomic E-state index is -0.639. The Kier molecular flexibility index (Phi) is 6.59. The van der Waals surface area contributed by atoms with E-state index in [-0.39, 0.29) is 24.4 Å². The van der Waals surface area contributed by atoms with Crippen LogP contribution >= 0.6 is 0 Å². The summed E-state index contributed by atoms with van der Waals surface area (Å²) in [5.41, 5.74) is 1.56. The van der Waals surface area contributed by atoms with Crippen LogP contribution in [0.2, 0.25) is 0 Å². The van der Waals surface area contributed by atoms with Gasteiger partial charge in [0.2, 0.25) is 5.91 Å². The van der Waals surface area contributed by atoms with Gasteiger partial charge in [-0.1, -0.05) is 24.3 Å². The fourth-order valence-corrected chi connectivity index (χ4v) is 3.18. The van der Waals surface area contributed by atoms with Gasteiger partial charge in [0.05, 0.1) is 18.1 Å². The minimum Gasteiger partial charge on any atom is -0.452 e. The molecule has 2 aromatic carbocycles. The van der Waals surface area contributed by atoms with Crippen LogP contribution < -0.4 is 9.80 Å². The second kappa shape index (κ2) is 9.51. The molecule has 1 aliphatic heterocycles. The molecule has 7 nitrogen and oxygen atoms in total. The molecule has 0 spiro atoms. The molecule has 0 saturated carbocycles. The number of esters is 1. The second-order valence-electron chi connectivity index (χ2n) is 6.56. The van der Waals surface area contributed by atoms with Gasteiger partial charge >= 0.3 is 5.97 Å². The Balaban J connectivity index is 1.65. The van der Waals surface area contributed by atoms with E-state index < -0.39 is 18.5 Å². The largest absolute Gasteiger partial charge is 0.452 e. The maximum absolute atomic E-state index is 12.6. The Morgan fingerprint density at radius 2 is 1.93 bits per heavy atom. The molecule has 148 valence electrons. The average molecular weight is 391 g/mol. The number of amides is 2. The molecule has 0 aliphatic carbocycles. The lowest BCUT2D eigenvalue weighted by atomic mass is 10.2. The third-order valence-corrected chi connectivity index (χ3v) is 4.61. The Bertz CT molecular complexity index is 937. The third-order valence-electron chi connectivity index (χ3n) is 4.61. The molecule has 1 saturated heterocycles. The molecule has 3 rings (SSSR count). The summed E-state index contributed by atoms with van der Waals surface area (Å²) < 4.78 is 5.20. The van der Waals surface area contributed by atoms with Crippen LogP contribution in [0.1, 0.15) is 29.6 Å². The summed E-state index contributed by atoms with van der Waals surface area (Å²) in [6.07, 6.45) is 1.46. The van der Waals surface area contributed by atoms with Crippen LogP contribution in [0, 0.1) is 11.3 Å². The van der Waals surface area contributed by atoms with E-state index in [1.54, 1.807) is 53.4 Å². The monoisotopic (exact) mass is 391 g/mol. The zero-order valence-corrected chi connectivity index (χ0v) is 15.9. The topological polar surface area (TPSA) is 90.7 Å². The van der Waals surface area contributed by atoms with Gasteiger partial charge in [0.25, 0.3) is 5.91 Å². The number of nitriles is 1. The molecule has 0 unspecified atom stereocenters. The van der Waals surface area contributed by atoms with Gasteiger partial charge in [0.1, 0.15) is 0 Å². The first-order valence-corrected chi connectivity index (χ1v) is 9.40. The third kappa shape index (κ3) is 4.99. The number of ether oxygens (including phenoxy) is 1. The molecule has 1 heterocycles. The molecule has 0 atom stereocenters. The lowest BCUT2D eigenvalue weighted by molar-refractivity contribution is -0.121. The fraction of sp³-hybridized carbons (Fsp3) is 0.273. The zero-order chi connectivity index (χ0) is 20.6. The van der Waals surface area contributed by atoms with Crippen molar-refractivity contribution in [2.75, 3.05) is 29.5 Å². The molecule has 0 aromatic heterocycles. The van der Waals surface area contributed by atoms with Crippen LogP contribution in [-0.2, 0) is 14.3 Å². The first-order valence-electron chi connectivity index (χ1n) is 9.40. The zero-order valence-electron chi connectivity index (χ0n) is 15.9. The maximum atomic E-state index is 12.6. The van der Waals surface area contributed by atoms with Crippen molar-refractivity contribution in [3.63, 3.8) is 0 Å². The molecule has 0 radical (unpaired) electrons. The number of para-hydroxylation sites is 1. The van der Waals surface area contributed by atoms with Gasteiger partial charge in [-0.15, -0.1) is 0 Å². The smallest absolute Gasteiger partial charge is 0.338 e. The quantitative estimate of drug-likeness (QED) is 0.677. The molecule has 0 N–H and O–H groups in total. The Morgan fingerprint density at radius 3 is 2.62 bits per heavy atom. The van der Waals surface area contributed by atoms with Crippen LogP contribution in [0.4, 0.5) is 11.4 Å². The number of hydrogen-bond donors (Lipinski definition) is 0. The number of hydrogen-bond acceptors (Lipinski definition) is 5. The minimum absolute atomic E-state index is 0.0293. The Labute approximate surface area is 169 Å². The van der Waals surface area contributed by atoms with E-state index in [1.807, 2.05) is 12.1 Å². The van der Waals surface area contributed by atoms with Crippen LogP contribution in [0.15, 0.2) is 54.6 Å². The molecule has 1 fully saturated rings. The first-order chi connectivity index (χ1) is 14.1. The lowest BCUT2D eigenvalue weighted by Gasteiger charge is -2.21. The molecule has 2 aromatic rings. The summed E-state index contributed by atoms with van der Waals surface area (Å²) in [6.45, 7) is 0.399. The molecular formula is C22H21N3O4. The summed E-state index contributed by atoms with van der Waals surface area (Å²) in [4.78, 5) is 40.0. The lowest BCUT2D eigenvalue weighted by Crippen LogP contribution is -2.35. The van der Waals surface area contributed by atoms with Crippen molar-refractivity contribution in [1.29, 1.82) is 5.26 Å². The van der Waals surface area contributed by atoms with Crippen molar-refractivity contribution in [3.05, 3.63) is 60.2 Å². The van der Waals surface area contributed by atoms with Crippen LogP contribution in [-0.4, -0.2) is 37.5 Å². The number of carbonyl (C=O) groups is 3. The van der Waals surface area contributed by atoms with Gasteiger partial charge in [-0.05, 0) is 36.8 Å². The second-order valence-corrected chi connectivity index (χ2v) is 6.56. The fourth-order valence-electron chi connectivity index (χ4n) is 3.18. The maximum Gasteiger partial charge on any atom is 0.338 e. The van der Waals surface area contributed by atoms with E-state index in [0.29, 0.717) is 24.3 Å². The van der Waals surface area contributed by atoms with Gasteiger partial charge in [-0.2, -0.15) is 5.26 Å². The number of rotatable bonds is 7. The predicted molar refractivity (Wildman–Crippen MR) is 107 cm³/mol. The highest BCUT2D eigenvalue weighted by molar-refractivity contribution is 5.99. The van der Waals surface area contributed by atoms with E-state index in [4.69, 9.17) is 10.00 Å². The highest BCUT2D eigenvalue weighted by Gasteiger charge is 2.23. The molecule has 1 aliphatic rings. The van der Waals surface area contributed by atoms with Gasteiger partial charge in [-0.25, -0.2) is 4.79 Å². The summed E-state index contributed by atoms with van der Waals surface area (Å²) in [5, 5.41) is 8.84. The molecule has 29 heavy (non-hydrogen) atoms.